The largest absolute Gasteiger partial charge is 0.341 e. The van der Waals surface area contributed by atoms with Crippen molar-refractivity contribution in [3.63, 3.8) is 0 Å². The molecule has 5 amide bonds. The lowest BCUT2D eigenvalue weighted by atomic mass is 9.82. The fourth-order valence-electron chi connectivity index (χ4n) is 5.38. The molecule has 2 N–H and O–H groups in total. The Hall–Kier alpha value is -1.99. The Bertz CT molecular complexity index is 621. The third-order valence-electron chi connectivity index (χ3n) is 7.26. The van der Waals surface area contributed by atoms with Gasteiger partial charge in [-0.2, -0.15) is 0 Å². The van der Waals surface area contributed by atoms with Crippen molar-refractivity contribution in [3.8, 4) is 0 Å². The predicted octanol–water partition coefficient (Wildman–Crippen LogP) is 1.61. The van der Waals surface area contributed by atoms with Crippen LogP contribution >= 0.6 is 0 Å². The molecule has 0 spiro atoms. The Morgan fingerprint density at radius 2 is 1.69 bits per heavy atom. The van der Waals surface area contributed by atoms with Crippen LogP contribution in [0.2, 0.25) is 0 Å². The molecular weight excluding hydrogens is 370 g/mol. The minimum atomic E-state index is -0.0273. The first-order valence-corrected chi connectivity index (χ1v) is 11.5. The molecule has 2 atom stereocenters. The number of fused-ring (bicyclic) bond motifs is 1. The highest BCUT2D eigenvalue weighted by Gasteiger charge is 2.37. The van der Waals surface area contributed by atoms with Gasteiger partial charge in [0.2, 0.25) is 5.91 Å². The molecule has 1 aliphatic carbocycles. The van der Waals surface area contributed by atoms with Crippen LogP contribution in [0.3, 0.4) is 0 Å². The summed E-state index contributed by atoms with van der Waals surface area (Å²) in [5.74, 6) is 0.975. The molecule has 0 aromatic rings. The highest BCUT2D eigenvalue weighted by atomic mass is 16.2. The van der Waals surface area contributed by atoms with Crippen LogP contribution in [0.4, 0.5) is 9.59 Å². The van der Waals surface area contributed by atoms with E-state index in [-0.39, 0.29) is 18.0 Å². The Morgan fingerprint density at radius 3 is 2.45 bits per heavy atom. The summed E-state index contributed by atoms with van der Waals surface area (Å²) in [6, 6.07) is 0.395. The van der Waals surface area contributed by atoms with Crippen molar-refractivity contribution in [2.45, 2.75) is 57.4 Å². The summed E-state index contributed by atoms with van der Waals surface area (Å²) in [4.78, 5) is 42.9. The van der Waals surface area contributed by atoms with Gasteiger partial charge in [0, 0.05) is 58.3 Å². The van der Waals surface area contributed by atoms with Gasteiger partial charge in [-0.25, -0.2) is 9.59 Å². The number of hydrogen-bond acceptors (Lipinski definition) is 3. The monoisotopic (exact) mass is 405 g/mol. The molecule has 0 radical (unpaired) electrons. The maximum atomic E-state index is 12.7. The average molecular weight is 406 g/mol. The van der Waals surface area contributed by atoms with Crippen molar-refractivity contribution < 1.29 is 14.4 Å². The summed E-state index contributed by atoms with van der Waals surface area (Å²) in [5.41, 5.74) is 0. The van der Waals surface area contributed by atoms with E-state index in [1.807, 2.05) is 9.80 Å². The van der Waals surface area contributed by atoms with Crippen LogP contribution in [0.5, 0.6) is 0 Å². The molecule has 4 fully saturated rings. The molecule has 162 valence electrons. The van der Waals surface area contributed by atoms with Gasteiger partial charge >= 0.3 is 12.1 Å². The molecule has 3 heterocycles. The van der Waals surface area contributed by atoms with Crippen molar-refractivity contribution in [2.24, 2.45) is 11.8 Å². The fraction of sp³-hybridized carbons (Fsp3) is 0.857. The normalized spacial score (nSPS) is 28.8. The van der Waals surface area contributed by atoms with Gasteiger partial charge in [-0.1, -0.05) is 19.3 Å². The zero-order valence-corrected chi connectivity index (χ0v) is 17.4. The number of amides is 5. The van der Waals surface area contributed by atoms with E-state index in [0.717, 1.165) is 51.9 Å². The predicted molar refractivity (Wildman–Crippen MR) is 109 cm³/mol. The maximum Gasteiger partial charge on any atom is 0.317 e. The van der Waals surface area contributed by atoms with Gasteiger partial charge in [0.15, 0.2) is 0 Å². The molecule has 2 unspecified atom stereocenters. The smallest absolute Gasteiger partial charge is 0.317 e. The Kier molecular flexibility index (Phi) is 6.45. The van der Waals surface area contributed by atoms with Gasteiger partial charge in [-0.05, 0) is 37.5 Å². The van der Waals surface area contributed by atoms with Crippen LogP contribution < -0.4 is 10.6 Å². The minimum Gasteiger partial charge on any atom is -0.341 e. The minimum absolute atomic E-state index is 0.0273. The zero-order valence-electron chi connectivity index (χ0n) is 17.4. The number of nitrogens with zero attached hydrogens (tertiary/aromatic N) is 3. The van der Waals surface area contributed by atoms with Gasteiger partial charge in [0.25, 0.3) is 0 Å². The van der Waals surface area contributed by atoms with Crippen LogP contribution in [0, 0.1) is 11.8 Å². The van der Waals surface area contributed by atoms with Gasteiger partial charge < -0.3 is 25.3 Å². The topological polar surface area (TPSA) is 85.0 Å². The Morgan fingerprint density at radius 1 is 0.931 bits per heavy atom. The maximum absolute atomic E-state index is 12.7. The molecule has 4 rings (SSSR count). The molecule has 3 aliphatic heterocycles. The number of likely N-dealkylation sites (tertiary alicyclic amines) is 2. The third kappa shape index (κ3) is 4.95. The van der Waals surface area contributed by atoms with Gasteiger partial charge in [0.05, 0.1) is 0 Å². The number of carbonyl (C=O) groups excluding carboxylic acids is 3. The standard InChI is InChI=1S/C21H35N5O3/c27-19-14-16-6-10-26(21(29)23-18-4-2-1-3-5-18)15-17(16)7-9-24(19)12-13-25-11-8-22-20(25)28/h16-18H,1-15H2,(H,22,28)(H,23,29). The molecule has 8 nitrogen and oxygen atoms in total. The molecule has 0 bridgehead atoms. The first kappa shape index (κ1) is 20.3. The number of nitrogens with one attached hydrogen (secondary N) is 2. The zero-order chi connectivity index (χ0) is 20.2. The Balaban J connectivity index is 1.27. The second-order valence-electron chi connectivity index (χ2n) is 9.13. The number of urea groups is 2. The van der Waals surface area contributed by atoms with E-state index < -0.39 is 0 Å². The highest BCUT2D eigenvalue weighted by Crippen LogP contribution is 2.32. The molecule has 3 saturated heterocycles. The Labute approximate surface area is 173 Å². The molecule has 0 aromatic carbocycles. The second kappa shape index (κ2) is 9.22. The van der Waals surface area contributed by atoms with Gasteiger partial charge in [-0.3, -0.25) is 4.79 Å². The summed E-state index contributed by atoms with van der Waals surface area (Å²) in [7, 11) is 0. The van der Waals surface area contributed by atoms with Crippen molar-refractivity contribution in [1.82, 2.24) is 25.3 Å². The number of piperidine rings is 1. The first-order valence-electron chi connectivity index (χ1n) is 11.5. The summed E-state index contributed by atoms with van der Waals surface area (Å²) < 4.78 is 0. The number of rotatable bonds is 4. The van der Waals surface area contributed by atoms with Crippen LogP contribution in [-0.4, -0.2) is 84.5 Å². The summed E-state index contributed by atoms with van der Waals surface area (Å²) in [6.45, 7) is 4.86. The summed E-state index contributed by atoms with van der Waals surface area (Å²) in [6.07, 6.45) is 8.35. The van der Waals surface area contributed by atoms with E-state index in [4.69, 9.17) is 0 Å². The SMILES string of the molecule is O=C1CC2CCN(C(=O)NC3CCCCC3)CC2CCN1CCN1CCNC1=O. The molecule has 0 aromatic heterocycles. The van der Waals surface area contributed by atoms with Crippen molar-refractivity contribution in [2.75, 3.05) is 45.8 Å². The van der Waals surface area contributed by atoms with Crippen LogP contribution in [-0.2, 0) is 4.79 Å². The van der Waals surface area contributed by atoms with E-state index >= 15 is 0 Å². The van der Waals surface area contributed by atoms with E-state index in [0.29, 0.717) is 43.9 Å². The quantitative estimate of drug-likeness (QED) is 0.745. The van der Waals surface area contributed by atoms with Crippen LogP contribution in [0.25, 0.3) is 0 Å². The van der Waals surface area contributed by atoms with E-state index in [2.05, 4.69) is 10.6 Å². The van der Waals surface area contributed by atoms with E-state index in [1.54, 1.807) is 4.90 Å². The van der Waals surface area contributed by atoms with Crippen molar-refractivity contribution >= 4 is 18.0 Å². The van der Waals surface area contributed by atoms with Crippen LogP contribution in [0.15, 0.2) is 0 Å². The number of hydrogen-bond donors (Lipinski definition) is 2. The lowest BCUT2D eigenvalue weighted by Gasteiger charge is -2.38. The summed E-state index contributed by atoms with van der Waals surface area (Å²) >= 11 is 0. The number of carbonyl (C=O) groups is 3. The van der Waals surface area contributed by atoms with E-state index in [9.17, 15) is 14.4 Å². The first-order chi connectivity index (χ1) is 14.1. The highest BCUT2D eigenvalue weighted by molar-refractivity contribution is 5.78. The third-order valence-corrected chi connectivity index (χ3v) is 7.26. The van der Waals surface area contributed by atoms with Crippen molar-refractivity contribution in [1.29, 1.82) is 0 Å². The molecule has 4 aliphatic rings. The van der Waals surface area contributed by atoms with Gasteiger partial charge in [0.1, 0.15) is 0 Å². The lowest BCUT2D eigenvalue weighted by molar-refractivity contribution is -0.131. The van der Waals surface area contributed by atoms with E-state index in [1.165, 1.54) is 19.3 Å². The molecule has 29 heavy (non-hydrogen) atoms. The second-order valence-corrected chi connectivity index (χ2v) is 9.13. The fourth-order valence-corrected chi connectivity index (χ4v) is 5.38. The van der Waals surface area contributed by atoms with Gasteiger partial charge in [-0.15, -0.1) is 0 Å². The summed E-state index contributed by atoms with van der Waals surface area (Å²) in [5, 5.41) is 6.05. The molecular formula is C21H35N5O3. The lowest BCUT2D eigenvalue weighted by Crippen LogP contribution is -2.50. The average Bonchev–Trinajstić information content (AvgIpc) is 3.06. The molecule has 1 saturated carbocycles. The molecule has 8 heteroatoms. The van der Waals surface area contributed by atoms with Crippen molar-refractivity contribution in [3.05, 3.63) is 0 Å². The van der Waals surface area contributed by atoms with Crippen LogP contribution in [0.1, 0.15) is 51.4 Å².